The summed E-state index contributed by atoms with van der Waals surface area (Å²) in [6.45, 7) is 0. The first-order valence-corrected chi connectivity index (χ1v) is 12.2. The lowest BCUT2D eigenvalue weighted by atomic mass is 10.0. The Morgan fingerprint density at radius 3 is 2.74 bits per heavy atom. The number of nitriles is 1. The van der Waals surface area contributed by atoms with Gasteiger partial charge in [0, 0.05) is 34.1 Å². The van der Waals surface area contributed by atoms with Crippen LogP contribution >= 0.6 is 23.5 Å². The van der Waals surface area contributed by atoms with Gasteiger partial charge in [-0.05, 0) is 47.6 Å². The van der Waals surface area contributed by atoms with E-state index in [1.54, 1.807) is 35.7 Å². The number of allylic oxidation sites excluding steroid dienone is 1. The molecule has 0 fully saturated rings. The predicted octanol–water partition coefficient (Wildman–Crippen LogP) is 4.13. The second-order valence-electron chi connectivity index (χ2n) is 7.05. The van der Waals surface area contributed by atoms with Crippen LogP contribution in [-0.4, -0.2) is 33.4 Å². The Hall–Kier alpha value is -2.89. The molecule has 31 heavy (non-hydrogen) atoms. The van der Waals surface area contributed by atoms with Crippen LogP contribution < -0.4 is 11.3 Å². The number of aliphatic carboxylic acids is 1. The highest BCUT2D eigenvalue weighted by molar-refractivity contribution is 7.98. The topological polar surface area (TPSA) is 109 Å². The van der Waals surface area contributed by atoms with Crippen molar-refractivity contribution in [3.8, 4) is 6.07 Å². The molecule has 0 saturated heterocycles. The summed E-state index contributed by atoms with van der Waals surface area (Å²) in [5, 5.41) is 20.6. The number of pyridine rings is 1. The SMILES string of the molecule is CSCC[C@@H](C(=O)O)n1c(=O)c2ccc(CSC/C(N)=C/C#N)cc2c2ccccc21. The highest BCUT2D eigenvalue weighted by Gasteiger charge is 2.24. The zero-order valence-electron chi connectivity index (χ0n) is 17.1. The van der Waals surface area contributed by atoms with Crippen LogP contribution in [-0.2, 0) is 10.5 Å². The molecule has 0 aliphatic rings. The highest BCUT2D eigenvalue weighted by atomic mass is 32.2. The molecule has 2 aromatic carbocycles. The number of rotatable bonds is 9. The summed E-state index contributed by atoms with van der Waals surface area (Å²) in [6, 6.07) is 14.1. The quantitative estimate of drug-likeness (QED) is 0.370. The molecule has 0 radical (unpaired) electrons. The molecule has 0 spiro atoms. The van der Waals surface area contributed by atoms with Crippen LogP contribution in [0.25, 0.3) is 21.7 Å². The Morgan fingerprint density at radius 1 is 1.26 bits per heavy atom. The second-order valence-corrected chi connectivity index (χ2v) is 9.02. The molecule has 0 aliphatic carbocycles. The number of hydrogen-bond acceptors (Lipinski definition) is 6. The van der Waals surface area contributed by atoms with Crippen LogP contribution in [0.2, 0.25) is 0 Å². The number of thioether (sulfide) groups is 2. The lowest BCUT2D eigenvalue weighted by Gasteiger charge is -2.20. The zero-order chi connectivity index (χ0) is 22.4. The van der Waals surface area contributed by atoms with Gasteiger partial charge in [0.25, 0.3) is 5.56 Å². The predicted molar refractivity (Wildman–Crippen MR) is 129 cm³/mol. The van der Waals surface area contributed by atoms with Gasteiger partial charge in [0.15, 0.2) is 0 Å². The minimum absolute atomic E-state index is 0.289. The van der Waals surface area contributed by atoms with E-state index in [0.29, 0.717) is 40.3 Å². The number of aromatic nitrogens is 1. The third-order valence-corrected chi connectivity index (χ3v) is 6.69. The maximum absolute atomic E-state index is 13.4. The van der Waals surface area contributed by atoms with E-state index in [1.165, 1.54) is 10.6 Å². The van der Waals surface area contributed by atoms with Gasteiger partial charge in [-0.3, -0.25) is 9.36 Å². The third kappa shape index (κ3) is 5.06. The molecule has 8 heteroatoms. The van der Waals surface area contributed by atoms with Crippen LogP contribution in [0.15, 0.2) is 59.0 Å². The molecule has 0 saturated carbocycles. The molecule has 6 nitrogen and oxygen atoms in total. The van der Waals surface area contributed by atoms with Crippen LogP contribution in [0.4, 0.5) is 0 Å². The standard InChI is InChI=1S/C23H23N3O3S2/c1-30-11-9-21(23(28)29)26-20-5-3-2-4-17(20)19-12-15(6-7-18(19)22(26)27)13-31-14-16(25)8-10-24/h2-8,12,21H,9,11,13-14,25H2,1H3,(H,28,29)/b16-8-/t21-/m0/s1. The van der Waals surface area contributed by atoms with Gasteiger partial charge in [0.05, 0.1) is 11.6 Å². The first-order chi connectivity index (χ1) is 15.0. The number of nitrogens with zero attached hydrogens (tertiary/aromatic N) is 2. The van der Waals surface area contributed by atoms with Gasteiger partial charge < -0.3 is 10.8 Å². The van der Waals surface area contributed by atoms with Crippen molar-refractivity contribution >= 4 is 51.2 Å². The van der Waals surface area contributed by atoms with Crippen molar-refractivity contribution in [2.75, 3.05) is 17.8 Å². The van der Waals surface area contributed by atoms with Gasteiger partial charge in [-0.25, -0.2) is 4.79 Å². The number of carbonyl (C=O) groups is 1. The van der Waals surface area contributed by atoms with E-state index in [4.69, 9.17) is 11.0 Å². The summed E-state index contributed by atoms with van der Waals surface area (Å²) in [6.07, 6.45) is 3.63. The molecular formula is C23H23N3O3S2. The summed E-state index contributed by atoms with van der Waals surface area (Å²) < 4.78 is 1.43. The van der Waals surface area contributed by atoms with Crippen molar-refractivity contribution in [3.05, 3.63) is 70.2 Å². The average Bonchev–Trinajstić information content (AvgIpc) is 2.76. The van der Waals surface area contributed by atoms with Crippen LogP contribution in [0, 0.1) is 11.3 Å². The second kappa shape index (κ2) is 10.4. The number of para-hydroxylation sites is 1. The Balaban J connectivity index is 2.10. The largest absolute Gasteiger partial charge is 0.480 e. The lowest BCUT2D eigenvalue weighted by Crippen LogP contribution is -2.31. The monoisotopic (exact) mass is 453 g/mol. The average molecular weight is 454 g/mol. The highest BCUT2D eigenvalue weighted by Crippen LogP contribution is 2.28. The van der Waals surface area contributed by atoms with E-state index in [1.807, 2.05) is 42.7 Å². The maximum atomic E-state index is 13.4. The summed E-state index contributed by atoms with van der Waals surface area (Å²) in [5.41, 5.74) is 7.65. The van der Waals surface area contributed by atoms with E-state index in [2.05, 4.69) is 0 Å². The van der Waals surface area contributed by atoms with Crippen LogP contribution in [0.5, 0.6) is 0 Å². The molecule has 1 heterocycles. The molecule has 3 rings (SSSR count). The van der Waals surface area contributed by atoms with Gasteiger partial charge in [-0.2, -0.15) is 28.8 Å². The Kier molecular flexibility index (Phi) is 7.66. The summed E-state index contributed by atoms with van der Waals surface area (Å²) >= 11 is 3.15. The lowest BCUT2D eigenvalue weighted by molar-refractivity contribution is -0.140. The number of carboxylic acids is 1. The van der Waals surface area contributed by atoms with Crippen LogP contribution in [0.3, 0.4) is 0 Å². The van der Waals surface area contributed by atoms with Crippen molar-refractivity contribution in [2.45, 2.75) is 18.2 Å². The van der Waals surface area contributed by atoms with Gasteiger partial charge >= 0.3 is 5.97 Å². The van der Waals surface area contributed by atoms with E-state index >= 15 is 0 Å². The fourth-order valence-corrected chi connectivity index (χ4v) is 4.85. The van der Waals surface area contributed by atoms with E-state index < -0.39 is 12.0 Å². The summed E-state index contributed by atoms with van der Waals surface area (Å²) in [5.74, 6) is 0.870. The summed E-state index contributed by atoms with van der Waals surface area (Å²) in [7, 11) is 0. The molecule has 1 aromatic heterocycles. The minimum Gasteiger partial charge on any atom is -0.480 e. The first kappa shape index (κ1) is 22.8. The molecule has 0 unspecified atom stereocenters. The molecule has 0 aliphatic heterocycles. The third-order valence-electron chi connectivity index (χ3n) is 4.97. The van der Waals surface area contributed by atoms with Crippen molar-refractivity contribution in [3.63, 3.8) is 0 Å². The number of benzene rings is 2. The van der Waals surface area contributed by atoms with E-state index in [9.17, 15) is 14.7 Å². The smallest absolute Gasteiger partial charge is 0.326 e. The minimum atomic E-state index is -1.00. The van der Waals surface area contributed by atoms with Gasteiger partial charge in [-0.1, -0.05) is 24.3 Å². The molecular weight excluding hydrogens is 430 g/mol. The molecule has 0 bridgehead atoms. The van der Waals surface area contributed by atoms with Gasteiger partial charge in [0.1, 0.15) is 6.04 Å². The maximum Gasteiger partial charge on any atom is 0.326 e. The Labute approximate surface area is 188 Å². The van der Waals surface area contributed by atoms with Crippen molar-refractivity contribution in [1.29, 1.82) is 5.26 Å². The molecule has 1 atom stereocenters. The fraction of sp³-hybridized carbons (Fsp3) is 0.261. The van der Waals surface area contributed by atoms with E-state index in [0.717, 1.165) is 16.3 Å². The van der Waals surface area contributed by atoms with E-state index in [-0.39, 0.29) is 5.56 Å². The van der Waals surface area contributed by atoms with Crippen molar-refractivity contribution in [2.24, 2.45) is 5.73 Å². The molecule has 160 valence electrons. The summed E-state index contributed by atoms with van der Waals surface area (Å²) in [4.78, 5) is 25.4. The molecule has 3 aromatic rings. The number of fused-ring (bicyclic) bond motifs is 3. The van der Waals surface area contributed by atoms with Crippen LogP contribution in [0.1, 0.15) is 18.0 Å². The first-order valence-electron chi connectivity index (χ1n) is 9.67. The zero-order valence-corrected chi connectivity index (χ0v) is 18.7. The number of carboxylic acid groups (broad SMARTS) is 1. The van der Waals surface area contributed by atoms with Crippen molar-refractivity contribution < 1.29 is 9.90 Å². The van der Waals surface area contributed by atoms with Gasteiger partial charge in [0.2, 0.25) is 0 Å². The normalized spacial score (nSPS) is 12.7. The Morgan fingerprint density at radius 2 is 2.03 bits per heavy atom. The molecule has 3 N–H and O–H groups in total. The fourth-order valence-electron chi connectivity index (χ4n) is 3.55. The number of hydrogen-bond donors (Lipinski definition) is 2. The number of nitrogens with two attached hydrogens (primary N) is 1. The van der Waals surface area contributed by atoms with Gasteiger partial charge in [-0.15, -0.1) is 0 Å². The Bertz CT molecular complexity index is 1240. The van der Waals surface area contributed by atoms with Crippen molar-refractivity contribution in [1.82, 2.24) is 4.57 Å². The molecule has 0 amide bonds.